The van der Waals surface area contributed by atoms with Crippen molar-refractivity contribution in [2.24, 2.45) is 11.7 Å². The summed E-state index contributed by atoms with van der Waals surface area (Å²) in [6.45, 7) is 2.52. The summed E-state index contributed by atoms with van der Waals surface area (Å²) in [6.07, 6.45) is -0.865. The highest BCUT2D eigenvalue weighted by Gasteiger charge is 2.29. The van der Waals surface area contributed by atoms with Crippen LogP contribution in [0.1, 0.15) is 42.4 Å². The summed E-state index contributed by atoms with van der Waals surface area (Å²) in [7, 11) is 1.75. The predicted octanol–water partition coefficient (Wildman–Crippen LogP) is 4.14. The molecule has 0 aliphatic heterocycles. The molecular formula is C19H28ClF3N2O2. The number of carbonyl (C=O) groups is 1. The third-order valence-corrected chi connectivity index (χ3v) is 4.76. The number of nitrogens with two attached hydrogens (primary N) is 1. The molecule has 1 amide bonds. The summed E-state index contributed by atoms with van der Waals surface area (Å²) in [5, 5.41) is 0. The second-order valence-corrected chi connectivity index (χ2v) is 7.28. The van der Waals surface area contributed by atoms with Crippen molar-refractivity contribution in [3.8, 4) is 5.75 Å². The molecule has 1 saturated carbocycles. The Balaban J connectivity index is 0.00000364. The van der Waals surface area contributed by atoms with E-state index in [1.807, 2.05) is 0 Å². The van der Waals surface area contributed by atoms with E-state index in [9.17, 15) is 18.0 Å². The minimum Gasteiger partial charge on any atom is -0.484 e. The zero-order valence-electron chi connectivity index (χ0n) is 15.9. The Morgan fingerprint density at radius 1 is 1.26 bits per heavy atom. The number of benzene rings is 1. The molecule has 0 heterocycles. The zero-order valence-corrected chi connectivity index (χ0v) is 16.8. The van der Waals surface area contributed by atoms with Gasteiger partial charge in [-0.15, -0.1) is 12.4 Å². The lowest BCUT2D eigenvalue weighted by atomic mass is 9.85. The van der Waals surface area contributed by atoms with Crippen LogP contribution in [0.2, 0.25) is 0 Å². The van der Waals surface area contributed by atoms with E-state index in [1.54, 1.807) is 37.9 Å². The van der Waals surface area contributed by atoms with Gasteiger partial charge in [-0.1, -0.05) is 18.6 Å². The molecule has 1 aliphatic carbocycles. The van der Waals surface area contributed by atoms with E-state index in [0.717, 1.165) is 24.8 Å². The van der Waals surface area contributed by atoms with Gasteiger partial charge >= 0.3 is 6.18 Å². The third-order valence-electron chi connectivity index (χ3n) is 4.76. The average Bonchev–Trinajstić information content (AvgIpc) is 2.52. The van der Waals surface area contributed by atoms with Crippen LogP contribution in [0.25, 0.3) is 0 Å². The lowest BCUT2D eigenvalue weighted by Gasteiger charge is -2.29. The lowest BCUT2D eigenvalue weighted by Crippen LogP contribution is -2.38. The molecule has 0 spiro atoms. The smallest absolute Gasteiger partial charge is 0.422 e. The highest BCUT2D eigenvalue weighted by atomic mass is 35.5. The maximum Gasteiger partial charge on any atom is 0.422 e. The number of carbonyl (C=O) groups excluding carboxylic acids is 1. The highest BCUT2D eigenvalue weighted by Crippen LogP contribution is 2.29. The fourth-order valence-corrected chi connectivity index (χ4v) is 3.63. The van der Waals surface area contributed by atoms with E-state index in [1.165, 1.54) is 0 Å². The molecular weight excluding hydrogens is 381 g/mol. The van der Waals surface area contributed by atoms with E-state index in [-0.39, 0.29) is 36.0 Å². The summed E-state index contributed by atoms with van der Waals surface area (Å²) < 4.78 is 42.0. The molecule has 0 radical (unpaired) electrons. The summed E-state index contributed by atoms with van der Waals surface area (Å²) in [5.74, 6) is 0.284. The molecule has 8 heteroatoms. The second kappa shape index (κ2) is 9.64. The Bertz CT molecular complexity index is 629. The van der Waals surface area contributed by atoms with Gasteiger partial charge < -0.3 is 15.4 Å². The van der Waals surface area contributed by atoms with E-state index < -0.39 is 12.8 Å². The number of halogens is 4. The zero-order chi connectivity index (χ0) is 19.5. The standard InChI is InChI=1S/C19H27F3N2O2.ClH/c1-12-7-14(8-13(2)17(12)26-11-19(20,21)22)10-24(3)18(25)15-5-4-6-16(23)9-15;/h7-8,15-16H,4-6,9-11,23H2,1-3H3;1H. The molecule has 27 heavy (non-hydrogen) atoms. The first-order valence-electron chi connectivity index (χ1n) is 8.87. The SMILES string of the molecule is Cc1cc(CN(C)C(=O)C2CCCC(N)C2)cc(C)c1OCC(F)(F)F.Cl. The van der Waals surface area contributed by atoms with Crippen molar-refractivity contribution >= 4 is 18.3 Å². The largest absolute Gasteiger partial charge is 0.484 e. The Morgan fingerprint density at radius 2 is 1.85 bits per heavy atom. The topological polar surface area (TPSA) is 55.6 Å². The van der Waals surface area contributed by atoms with Crippen molar-refractivity contribution in [1.29, 1.82) is 0 Å². The first kappa shape index (κ1) is 23.6. The Hall–Kier alpha value is -1.47. The maximum absolute atomic E-state index is 12.6. The number of amides is 1. The molecule has 1 aliphatic rings. The van der Waals surface area contributed by atoms with Gasteiger partial charge in [0.2, 0.25) is 5.91 Å². The van der Waals surface area contributed by atoms with Crippen LogP contribution in [-0.4, -0.2) is 36.7 Å². The Kier molecular flexibility index (Phi) is 8.42. The van der Waals surface area contributed by atoms with E-state index >= 15 is 0 Å². The number of alkyl halides is 3. The fourth-order valence-electron chi connectivity index (χ4n) is 3.63. The van der Waals surface area contributed by atoms with Crippen molar-refractivity contribution in [2.45, 2.75) is 58.3 Å². The van der Waals surface area contributed by atoms with Crippen LogP contribution in [0.4, 0.5) is 13.2 Å². The van der Waals surface area contributed by atoms with Gasteiger partial charge in [0.15, 0.2) is 6.61 Å². The number of aryl methyl sites for hydroxylation is 2. The number of hydrogen-bond acceptors (Lipinski definition) is 3. The summed E-state index contributed by atoms with van der Waals surface area (Å²) in [5.41, 5.74) is 8.10. The van der Waals surface area contributed by atoms with Gasteiger partial charge in [-0.2, -0.15) is 13.2 Å². The quantitative estimate of drug-likeness (QED) is 0.796. The summed E-state index contributed by atoms with van der Waals surface area (Å²) >= 11 is 0. The molecule has 2 unspecified atom stereocenters. The first-order valence-corrected chi connectivity index (χ1v) is 8.87. The minimum atomic E-state index is -4.37. The van der Waals surface area contributed by atoms with Crippen LogP contribution in [0, 0.1) is 19.8 Å². The van der Waals surface area contributed by atoms with Crippen LogP contribution in [0.15, 0.2) is 12.1 Å². The summed E-state index contributed by atoms with van der Waals surface area (Å²) in [4.78, 5) is 14.3. The van der Waals surface area contributed by atoms with Crippen molar-refractivity contribution in [1.82, 2.24) is 4.90 Å². The Morgan fingerprint density at radius 3 is 2.37 bits per heavy atom. The Labute approximate surface area is 164 Å². The molecule has 1 fully saturated rings. The lowest BCUT2D eigenvalue weighted by molar-refractivity contribution is -0.153. The molecule has 1 aromatic carbocycles. The second-order valence-electron chi connectivity index (χ2n) is 7.28. The van der Waals surface area contributed by atoms with E-state index in [2.05, 4.69) is 0 Å². The third kappa shape index (κ3) is 6.88. The molecule has 4 nitrogen and oxygen atoms in total. The molecule has 2 atom stereocenters. The predicted molar refractivity (Wildman–Crippen MR) is 101 cm³/mol. The number of rotatable bonds is 5. The summed E-state index contributed by atoms with van der Waals surface area (Å²) in [6, 6.07) is 3.63. The van der Waals surface area contributed by atoms with Gasteiger partial charge in [-0.25, -0.2) is 0 Å². The molecule has 0 saturated heterocycles. The van der Waals surface area contributed by atoms with Crippen LogP contribution >= 0.6 is 12.4 Å². The number of nitrogens with zero attached hydrogens (tertiary/aromatic N) is 1. The van der Waals surface area contributed by atoms with Gasteiger partial charge in [0.1, 0.15) is 5.75 Å². The minimum absolute atomic E-state index is 0. The molecule has 2 rings (SSSR count). The highest BCUT2D eigenvalue weighted by molar-refractivity contribution is 5.85. The van der Waals surface area contributed by atoms with Gasteiger partial charge in [0, 0.05) is 25.6 Å². The van der Waals surface area contributed by atoms with Gasteiger partial charge in [0.25, 0.3) is 0 Å². The molecule has 2 N–H and O–H groups in total. The number of ether oxygens (including phenoxy) is 1. The van der Waals surface area contributed by atoms with E-state index in [0.29, 0.717) is 24.1 Å². The van der Waals surface area contributed by atoms with Gasteiger partial charge in [0.05, 0.1) is 0 Å². The molecule has 0 bridgehead atoms. The maximum atomic E-state index is 12.6. The van der Waals surface area contributed by atoms with Crippen LogP contribution in [-0.2, 0) is 11.3 Å². The van der Waals surface area contributed by atoms with Crippen molar-refractivity contribution in [2.75, 3.05) is 13.7 Å². The van der Waals surface area contributed by atoms with Crippen molar-refractivity contribution < 1.29 is 22.7 Å². The van der Waals surface area contributed by atoms with Gasteiger partial charge in [-0.3, -0.25) is 4.79 Å². The number of hydrogen-bond donors (Lipinski definition) is 1. The van der Waals surface area contributed by atoms with Crippen molar-refractivity contribution in [3.05, 3.63) is 28.8 Å². The molecule has 154 valence electrons. The van der Waals surface area contributed by atoms with E-state index in [4.69, 9.17) is 10.5 Å². The van der Waals surface area contributed by atoms with Crippen LogP contribution < -0.4 is 10.5 Å². The van der Waals surface area contributed by atoms with Crippen LogP contribution in [0.3, 0.4) is 0 Å². The van der Waals surface area contributed by atoms with Crippen molar-refractivity contribution in [3.63, 3.8) is 0 Å². The normalized spacial score (nSPS) is 20.0. The monoisotopic (exact) mass is 408 g/mol. The van der Waals surface area contributed by atoms with Crippen LogP contribution in [0.5, 0.6) is 5.75 Å². The average molecular weight is 409 g/mol. The van der Waals surface area contributed by atoms with Gasteiger partial charge in [-0.05, 0) is 49.8 Å². The molecule has 0 aromatic heterocycles. The first-order chi connectivity index (χ1) is 12.1. The fraction of sp³-hybridized carbons (Fsp3) is 0.632. The molecule has 1 aromatic rings.